The summed E-state index contributed by atoms with van der Waals surface area (Å²) in [4.78, 5) is 0. The average Bonchev–Trinajstić information content (AvgIpc) is 1.65. The van der Waals surface area contributed by atoms with Crippen LogP contribution in [0.5, 0.6) is 0 Å². The van der Waals surface area contributed by atoms with Crippen LogP contribution >= 0.6 is 0 Å². The molecule has 5 heteroatoms. The van der Waals surface area contributed by atoms with Crippen molar-refractivity contribution in [3.63, 3.8) is 0 Å². The van der Waals surface area contributed by atoms with E-state index in [0.717, 1.165) is 5.12 Å². The van der Waals surface area contributed by atoms with Crippen molar-refractivity contribution >= 4 is 5.84 Å². The van der Waals surface area contributed by atoms with Crippen LogP contribution in [-0.2, 0) is 0 Å². The Hall–Kier alpha value is -1.13. The molecule has 0 fully saturated rings. The second-order valence-electron chi connectivity index (χ2n) is 1.33. The number of rotatable bonds is 2. The van der Waals surface area contributed by atoms with Gasteiger partial charge in [0.25, 0.3) is 0 Å². The van der Waals surface area contributed by atoms with Crippen LogP contribution in [-0.4, -0.2) is 18.0 Å². The number of hydrogen-bond acceptors (Lipinski definition) is 3. The third-order valence-electron chi connectivity index (χ3n) is 0.447. The number of hydrogen-bond donors (Lipinski definition) is 2. The molecule has 0 saturated carbocycles. The second kappa shape index (κ2) is 2.95. The quantitative estimate of drug-likeness (QED) is 0.232. The summed E-state index contributed by atoms with van der Waals surface area (Å²) >= 11 is 0. The highest BCUT2D eigenvalue weighted by atomic mass is 15.7. The zero-order valence-corrected chi connectivity index (χ0v) is 4.92. The molecule has 0 aromatic carbocycles. The zero-order chi connectivity index (χ0) is 6.57. The molecule has 0 heterocycles. The molecule has 0 aliphatic carbocycles. The lowest BCUT2D eigenvalue weighted by atomic mass is 10.7. The summed E-state index contributed by atoms with van der Waals surface area (Å²) in [6, 6.07) is 0. The molecule has 0 atom stereocenters. The number of hydrazone groups is 1. The monoisotopic (exact) mass is 115 g/mol. The Balaban J connectivity index is 3.68. The summed E-state index contributed by atoms with van der Waals surface area (Å²) in [5.74, 6) is 0.392. The summed E-state index contributed by atoms with van der Waals surface area (Å²) in [5.41, 5.74) is 11.5. The molecule has 0 saturated heterocycles. The van der Waals surface area contributed by atoms with Crippen LogP contribution in [0, 0.1) is 5.53 Å². The van der Waals surface area contributed by atoms with Crippen LogP contribution in [0.25, 0.3) is 0 Å². The van der Waals surface area contributed by atoms with Crippen molar-refractivity contribution in [3.8, 4) is 0 Å². The molecule has 0 bridgehead atoms. The van der Waals surface area contributed by atoms with Crippen molar-refractivity contribution in [2.24, 2.45) is 16.1 Å². The van der Waals surface area contributed by atoms with Crippen molar-refractivity contribution in [1.29, 1.82) is 5.53 Å². The number of nitrogens with one attached hydrogen (secondary N) is 1. The molecule has 0 amide bonds. The van der Waals surface area contributed by atoms with Gasteiger partial charge in [-0.15, -0.1) is 5.10 Å². The minimum atomic E-state index is 0.392. The van der Waals surface area contributed by atoms with E-state index < -0.39 is 0 Å². The fourth-order valence-corrected chi connectivity index (χ4v) is 0.251. The van der Waals surface area contributed by atoms with Gasteiger partial charge in [-0.25, -0.2) is 0 Å². The fourth-order valence-electron chi connectivity index (χ4n) is 0.251. The van der Waals surface area contributed by atoms with Gasteiger partial charge < -0.3 is 5.73 Å². The van der Waals surface area contributed by atoms with Gasteiger partial charge in [-0.05, 0) is 6.92 Å². The summed E-state index contributed by atoms with van der Waals surface area (Å²) < 4.78 is 0. The van der Waals surface area contributed by atoms with Crippen molar-refractivity contribution in [3.05, 3.63) is 0 Å². The van der Waals surface area contributed by atoms with Crippen molar-refractivity contribution in [2.45, 2.75) is 6.92 Å². The van der Waals surface area contributed by atoms with E-state index in [1.807, 2.05) is 0 Å². The molecule has 8 heavy (non-hydrogen) atoms. The highest BCUT2D eigenvalue weighted by Gasteiger charge is 1.82. The van der Waals surface area contributed by atoms with Gasteiger partial charge >= 0.3 is 0 Å². The van der Waals surface area contributed by atoms with Gasteiger partial charge in [-0.1, -0.05) is 5.22 Å². The molecular formula is C3H9N5. The molecule has 0 aliphatic rings. The van der Waals surface area contributed by atoms with Gasteiger partial charge in [0, 0.05) is 0 Å². The molecule has 0 spiro atoms. The first-order chi connectivity index (χ1) is 3.66. The predicted octanol–water partition coefficient (Wildman–Crippen LogP) is 0.156. The summed E-state index contributed by atoms with van der Waals surface area (Å²) in [5, 5.41) is 7.59. The van der Waals surface area contributed by atoms with Gasteiger partial charge in [0.1, 0.15) is 5.84 Å². The molecule has 3 N–H and O–H groups in total. The van der Waals surface area contributed by atoms with Gasteiger partial charge in [-0.2, -0.15) is 10.6 Å². The molecule has 46 valence electrons. The normalized spacial score (nSPS) is 11.0. The maximum Gasteiger partial charge on any atom is 0.118 e. The Kier molecular flexibility index (Phi) is 2.53. The van der Waals surface area contributed by atoms with Gasteiger partial charge in [0.15, 0.2) is 0 Å². The van der Waals surface area contributed by atoms with Crippen LogP contribution in [0.4, 0.5) is 0 Å². The van der Waals surface area contributed by atoms with E-state index in [9.17, 15) is 0 Å². The van der Waals surface area contributed by atoms with Crippen LogP contribution < -0.4 is 5.73 Å². The van der Waals surface area contributed by atoms with Crippen LogP contribution in [0.2, 0.25) is 0 Å². The first kappa shape index (κ1) is 6.87. The Morgan fingerprint density at radius 3 is 2.38 bits per heavy atom. The van der Waals surface area contributed by atoms with E-state index in [2.05, 4.69) is 10.3 Å². The summed E-state index contributed by atoms with van der Waals surface area (Å²) in [6.07, 6.45) is 0. The van der Waals surface area contributed by atoms with E-state index in [0.29, 0.717) is 5.84 Å². The molecule has 0 aliphatic heterocycles. The highest BCUT2D eigenvalue weighted by molar-refractivity contribution is 5.76. The lowest BCUT2D eigenvalue weighted by molar-refractivity contribution is 0.339. The Bertz CT molecular complexity index is 102. The van der Waals surface area contributed by atoms with Crippen LogP contribution in [0.3, 0.4) is 0 Å². The Morgan fingerprint density at radius 1 is 1.75 bits per heavy atom. The Morgan fingerprint density at radius 2 is 2.25 bits per heavy atom. The Labute approximate surface area is 47.6 Å². The zero-order valence-electron chi connectivity index (χ0n) is 4.92. The average molecular weight is 115 g/mol. The van der Waals surface area contributed by atoms with Crippen LogP contribution in [0.1, 0.15) is 6.92 Å². The van der Waals surface area contributed by atoms with Crippen molar-refractivity contribution in [1.82, 2.24) is 5.12 Å². The van der Waals surface area contributed by atoms with E-state index in [1.165, 1.54) is 7.05 Å². The SMILES string of the molecule is C/C(N)=N\N(C)N=N. The molecule has 0 unspecified atom stereocenters. The molecule has 0 rings (SSSR count). The van der Waals surface area contributed by atoms with Crippen molar-refractivity contribution < 1.29 is 0 Å². The lowest BCUT2D eigenvalue weighted by Crippen LogP contribution is -2.11. The van der Waals surface area contributed by atoms with Gasteiger partial charge in [0.05, 0.1) is 7.05 Å². The van der Waals surface area contributed by atoms with Gasteiger partial charge in [-0.3, -0.25) is 0 Å². The summed E-state index contributed by atoms with van der Waals surface area (Å²) in [7, 11) is 1.53. The largest absolute Gasteiger partial charge is 0.386 e. The minimum absolute atomic E-state index is 0.392. The standard InChI is InChI=1S/C3H9N5/c1-3(4)6-8(2)7-5/h5H,1-2H3,(H2,4,6). The highest BCUT2D eigenvalue weighted by Crippen LogP contribution is 1.80. The number of amidine groups is 1. The third kappa shape index (κ3) is 3.08. The first-order valence-corrected chi connectivity index (χ1v) is 2.08. The maximum absolute atomic E-state index is 6.39. The molecule has 0 aromatic rings. The van der Waals surface area contributed by atoms with E-state index in [1.54, 1.807) is 6.92 Å². The first-order valence-electron chi connectivity index (χ1n) is 2.08. The van der Waals surface area contributed by atoms with E-state index in [4.69, 9.17) is 11.3 Å². The fraction of sp³-hybridized carbons (Fsp3) is 0.667. The number of nitrogens with two attached hydrogens (primary N) is 1. The van der Waals surface area contributed by atoms with Crippen LogP contribution in [0.15, 0.2) is 10.3 Å². The predicted molar refractivity (Wildman–Crippen MR) is 30.2 cm³/mol. The smallest absolute Gasteiger partial charge is 0.118 e. The molecular weight excluding hydrogens is 106 g/mol. The third-order valence-corrected chi connectivity index (χ3v) is 0.447. The van der Waals surface area contributed by atoms with E-state index in [-0.39, 0.29) is 0 Å². The maximum atomic E-state index is 6.39. The number of nitrogens with zero attached hydrogens (tertiary/aromatic N) is 3. The summed E-state index contributed by atoms with van der Waals surface area (Å²) in [6.45, 7) is 1.63. The lowest BCUT2D eigenvalue weighted by Gasteiger charge is -2.00. The molecule has 5 nitrogen and oxygen atoms in total. The van der Waals surface area contributed by atoms with Crippen molar-refractivity contribution in [2.75, 3.05) is 7.05 Å². The molecule has 0 aromatic heterocycles. The molecule has 0 radical (unpaired) electrons. The minimum Gasteiger partial charge on any atom is -0.386 e. The van der Waals surface area contributed by atoms with Gasteiger partial charge in [0.2, 0.25) is 0 Å². The van der Waals surface area contributed by atoms with E-state index >= 15 is 0 Å². The topological polar surface area (TPSA) is 77.8 Å². The second-order valence-corrected chi connectivity index (χ2v) is 1.33.